The number of amides is 1. The zero-order chi connectivity index (χ0) is 24.2. The molecule has 2 aromatic carbocycles. The van der Waals surface area contributed by atoms with Crippen LogP contribution in [0.1, 0.15) is 23.2 Å². The average molecular weight is 521 g/mol. The summed E-state index contributed by atoms with van der Waals surface area (Å²) in [5.74, 6) is -2.51. The van der Waals surface area contributed by atoms with Crippen molar-refractivity contribution < 1.29 is 23.5 Å². The second kappa shape index (κ2) is 10.6. The lowest BCUT2D eigenvalue weighted by atomic mass is 10.0. The van der Waals surface area contributed by atoms with E-state index in [1.807, 2.05) is 17.5 Å². The molecule has 0 unspecified atom stereocenters. The van der Waals surface area contributed by atoms with Crippen LogP contribution in [0.15, 0.2) is 53.9 Å². The zero-order valence-electron chi connectivity index (χ0n) is 17.7. The number of esters is 1. The van der Waals surface area contributed by atoms with Crippen molar-refractivity contribution in [3.8, 4) is 11.3 Å². The minimum Gasteiger partial charge on any atom is -0.454 e. The number of hydrogen-bond acceptors (Lipinski definition) is 6. The first-order chi connectivity index (χ1) is 16.4. The second-order valence-corrected chi connectivity index (χ2v) is 9.35. The normalized spacial score (nSPS) is 16.5. The molecule has 1 aliphatic heterocycles. The summed E-state index contributed by atoms with van der Waals surface area (Å²) in [5, 5.41) is 2.92. The molecule has 176 valence electrons. The van der Waals surface area contributed by atoms with Crippen LogP contribution in [0.3, 0.4) is 0 Å². The number of ketones is 1. The van der Waals surface area contributed by atoms with Gasteiger partial charge in [0.25, 0.3) is 0 Å². The molecule has 0 aliphatic carbocycles. The molecular weight excluding hydrogens is 502 g/mol. The number of alkyl halides is 1. The van der Waals surface area contributed by atoms with Gasteiger partial charge in [0.1, 0.15) is 5.82 Å². The monoisotopic (exact) mass is 520 g/mol. The third-order valence-electron chi connectivity index (χ3n) is 5.37. The number of thiazole rings is 1. The summed E-state index contributed by atoms with van der Waals surface area (Å²) in [4.78, 5) is 44.2. The quantitative estimate of drug-likeness (QED) is 0.226. The third kappa shape index (κ3) is 5.46. The Hall–Kier alpha value is -2.81. The molecule has 3 aromatic rings. The van der Waals surface area contributed by atoms with E-state index in [2.05, 4.69) is 4.98 Å². The molecule has 4 rings (SSSR count). The lowest BCUT2D eigenvalue weighted by Crippen LogP contribution is -2.32. The highest BCUT2D eigenvalue weighted by Crippen LogP contribution is 2.32. The van der Waals surface area contributed by atoms with Gasteiger partial charge in [-0.2, -0.15) is 0 Å². The van der Waals surface area contributed by atoms with E-state index in [0.717, 1.165) is 17.7 Å². The smallest absolute Gasteiger partial charge is 0.312 e. The number of ether oxygens (including phenoxy) is 1. The fourth-order valence-corrected chi connectivity index (χ4v) is 4.76. The molecule has 1 aromatic heterocycles. The van der Waals surface area contributed by atoms with E-state index >= 15 is 0 Å². The average Bonchev–Trinajstić information content (AvgIpc) is 3.46. The summed E-state index contributed by atoms with van der Waals surface area (Å²) in [6, 6.07) is 12.2. The molecule has 0 N–H and O–H groups in total. The van der Waals surface area contributed by atoms with Gasteiger partial charge in [-0.25, -0.2) is 9.37 Å². The first-order valence-electron chi connectivity index (χ1n) is 10.4. The Morgan fingerprint density at radius 3 is 2.56 bits per heavy atom. The van der Waals surface area contributed by atoms with Gasteiger partial charge in [-0.15, -0.1) is 22.9 Å². The van der Waals surface area contributed by atoms with Crippen molar-refractivity contribution in [2.45, 2.75) is 18.9 Å². The fourth-order valence-electron chi connectivity index (χ4n) is 3.57. The van der Waals surface area contributed by atoms with Crippen LogP contribution in [0.5, 0.6) is 0 Å². The summed E-state index contributed by atoms with van der Waals surface area (Å²) >= 11 is 13.0. The van der Waals surface area contributed by atoms with Crippen LogP contribution in [-0.4, -0.2) is 41.2 Å². The molecule has 1 amide bonds. The number of aromatic nitrogens is 1. The Morgan fingerprint density at radius 1 is 1.18 bits per heavy atom. The highest BCUT2D eigenvalue weighted by molar-refractivity contribution is 7.14. The number of hydrogen-bond donors (Lipinski definition) is 0. The first kappa shape index (κ1) is 24.3. The number of rotatable bonds is 8. The number of anilines is 1. The molecule has 6 nitrogen and oxygen atoms in total. The largest absolute Gasteiger partial charge is 0.454 e. The fraction of sp³-hybridized carbons (Fsp3) is 0.250. The molecule has 2 atom stereocenters. The van der Waals surface area contributed by atoms with Crippen molar-refractivity contribution in [3.05, 3.63) is 70.3 Å². The van der Waals surface area contributed by atoms with E-state index in [4.69, 9.17) is 27.9 Å². The summed E-state index contributed by atoms with van der Waals surface area (Å²) in [7, 11) is 0. The Morgan fingerprint density at radius 2 is 1.88 bits per heavy atom. The first-order valence-corrected chi connectivity index (χ1v) is 12.2. The van der Waals surface area contributed by atoms with E-state index in [-0.39, 0.29) is 36.7 Å². The molecule has 34 heavy (non-hydrogen) atoms. The van der Waals surface area contributed by atoms with Gasteiger partial charge in [0, 0.05) is 46.8 Å². The molecule has 10 heteroatoms. The van der Waals surface area contributed by atoms with Crippen LogP contribution in [0.2, 0.25) is 5.02 Å². The van der Waals surface area contributed by atoms with Crippen LogP contribution >= 0.6 is 34.5 Å². The van der Waals surface area contributed by atoms with E-state index in [1.54, 1.807) is 12.1 Å². The molecule has 1 fully saturated rings. The summed E-state index contributed by atoms with van der Waals surface area (Å²) < 4.78 is 18.6. The number of nitrogens with zero attached hydrogens (tertiary/aromatic N) is 2. The van der Waals surface area contributed by atoms with Crippen molar-refractivity contribution >= 4 is 57.3 Å². The Bertz CT molecular complexity index is 1200. The van der Waals surface area contributed by atoms with E-state index in [0.29, 0.717) is 15.8 Å². The lowest BCUT2D eigenvalue weighted by molar-refractivity contribution is -0.151. The molecule has 1 aliphatic rings. The van der Waals surface area contributed by atoms with Crippen molar-refractivity contribution in [1.82, 2.24) is 4.98 Å². The molecule has 2 heterocycles. The summed E-state index contributed by atoms with van der Waals surface area (Å²) in [6.07, 6.45) is -1.06. The SMILES string of the molecule is O=C(O[C@H](CCCl)C(=O)c1ccc(F)cc1)[C@H]1CC(=O)N(c2nc(-c3ccc(Cl)cc3)cs2)C1. The predicted molar refractivity (Wildman–Crippen MR) is 129 cm³/mol. The Balaban J connectivity index is 1.43. The standard InChI is InChI=1S/C24H19Cl2FN2O4S/c25-10-9-20(22(31)15-3-7-18(27)8-4-15)33-23(32)16-11-21(30)29(12-16)24-28-19(13-34-24)14-1-5-17(26)6-2-14/h1-8,13,16,20H,9-12H2/t16-,20+/m0/s1. The van der Waals surface area contributed by atoms with Gasteiger partial charge in [0.05, 0.1) is 11.6 Å². The van der Waals surface area contributed by atoms with Gasteiger partial charge in [0.2, 0.25) is 11.7 Å². The van der Waals surface area contributed by atoms with Gasteiger partial charge >= 0.3 is 5.97 Å². The summed E-state index contributed by atoms with van der Waals surface area (Å²) in [5.41, 5.74) is 1.77. The maximum Gasteiger partial charge on any atom is 0.312 e. The highest BCUT2D eigenvalue weighted by Gasteiger charge is 2.39. The van der Waals surface area contributed by atoms with E-state index < -0.39 is 29.6 Å². The topological polar surface area (TPSA) is 76.6 Å². The molecule has 0 radical (unpaired) electrons. The van der Waals surface area contributed by atoms with Crippen molar-refractivity contribution in [2.75, 3.05) is 17.3 Å². The number of halogens is 3. The van der Waals surface area contributed by atoms with Crippen LogP contribution < -0.4 is 4.90 Å². The Kier molecular flexibility index (Phi) is 7.60. The lowest BCUT2D eigenvalue weighted by Gasteiger charge is -2.18. The second-order valence-electron chi connectivity index (χ2n) is 7.70. The van der Waals surface area contributed by atoms with Crippen molar-refractivity contribution in [1.29, 1.82) is 0 Å². The zero-order valence-corrected chi connectivity index (χ0v) is 20.1. The van der Waals surface area contributed by atoms with Gasteiger partial charge in [0.15, 0.2) is 11.2 Å². The number of carbonyl (C=O) groups is 3. The van der Waals surface area contributed by atoms with Crippen LogP contribution in [0, 0.1) is 11.7 Å². The minimum absolute atomic E-state index is 0.0486. The molecular formula is C24H19Cl2FN2O4S. The van der Waals surface area contributed by atoms with Gasteiger partial charge in [-0.05, 0) is 36.4 Å². The van der Waals surface area contributed by atoms with Gasteiger partial charge in [-0.3, -0.25) is 19.3 Å². The van der Waals surface area contributed by atoms with Gasteiger partial charge < -0.3 is 4.74 Å². The van der Waals surface area contributed by atoms with E-state index in [1.165, 1.54) is 28.4 Å². The number of benzene rings is 2. The highest BCUT2D eigenvalue weighted by atomic mass is 35.5. The predicted octanol–water partition coefficient (Wildman–Crippen LogP) is 5.38. The number of Topliss-reactive ketones (excluding diaryl/α,β-unsaturated/α-hetero) is 1. The van der Waals surface area contributed by atoms with Crippen LogP contribution in [0.25, 0.3) is 11.3 Å². The van der Waals surface area contributed by atoms with Crippen molar-refractivity contribution in [3.63, 3.8) is 0 Å². The number of carbonyl (C=O) groups excluding carboxylic acids is 3. The van der Waals surface area contributed by atoms with Crippen LogP contribution in [-0.2, 0) is 14.3 Å². The molecule has 0 spiro atoms. The minimum atomic E-state index is -1.11. The maximum atomic E-state index is 13.2. The molecule has 0 saturated carbocycles. The maximum absolute atomic E-state index is 13.2. The summed E-state index contributed by atoms with van der Waals surface area (Å²) in [6.45, 7) is 0.101. The van der Waals surface area contributed by atoms with E-state index in [9.17, 15) is 18.8 Å². The third-order valence-corrected chi connectivity index (χ3v) is 6.71. The Labute approximate surface area is 209 Å². The molecule has 0 bridgehead atoms. The van der Waals surface area contributed by atoms with Crippen LogP contribution in [0.4, 0.5) is 9.52 Å². The van der Waals surface area contributed by atoms with Gasteiger partial charge in [-0.1, -0.05) is 23.7 Å². The molecule has 1 saturated heterocycles. The van der Waals surface area contributed by atoms with Crippen molar-refractivity contribution in [2.24, 2.45) is 5.92 Å².